The van der Waals surface area contributed by atoms with Gasteiger partial charge in [-0.1, -0.05) is 6.92 Å². The second-order valence-corrected chi connectivity index (χ2v) is 4.90. The number of likely N-dealkylation sites (tertiary alicyclic amines) is 1. The van der Waals surface area contributed by atoms with E-state index in [9.17, 15) is 9.59 Å². The van der Waals surface area contributed by atoms with Crippen molar-refractivity contribution in [3.63, 3.8) is 0 Å². The summed E-state index contributed by atoms with van der Waals surface area (Å²) in [6.07, 6.45) is 1.22. The van der Waals surface area contributed by atoms with E-state index in [0.29, 0.717) is 19.0 Å². The van der Waals surface area contributed by atoms with Gasteiger partial charge >= 0.3 is 5.97 Å². The zero-order chi connectivity index (χ0) is 11.7. The summed E-state index contributed by atoms with van der Waals surface area (Å²) in [7, 11) is 0. The predicted octanol–water partition coefficient (Wildman–Crippen LogP) is -0.0825. The highest BCUT2D eigenvalue weighted by atomic mass is 16.4. The lowest BCUT2D eigenvalue weighted by atomic mass is 9.93. The van der Waals surface area contributed by atoms with Crippen LogP contribution in [0.15, 0.2) is 0 Å². The molecule has 2 rings (SSSR count). The Morgan fingerprint density at radius 2 is 2.12 bits per heavy atom. The smallest absolute Gasteiger partial charge is 0.303 e. The molecule has 5 nitrogen and oxygen atoms in total. The molecular formula is C11H18N2O3. The maximum atomic E-state index is 12.0. The number of aliphatic carboxylic acids is 1. The lowest BCUT2D eigenvalue weighted by Gasteiger charge is -2.40. The number of nitrogens with zero attached hydrogens (tertiary/aromatic N) is 1. The third kappa shape index (κ3) is 2.19. The number of carboxylic acids is 1. The van der Waals surface area contributed by atoms with E-state index in [0.717, 1.165) is 13.0 Å². The van der Waals surface area contributed by atoms with Crippen LogP contribution in [-0.4, -0.2) is 47.6 Å². The summed E-state index contributed by atoms with van der Waals surface area (Å²) < 4.78 is 0. The first kappa shape index (κ1) is 11.4. The van der Waals surface area contributed by atoms with E-state index in [2.05, 4.69) is 12.2 Å². The van der Waals surface area contributed by atoms with Gasteiger partial charge in [0.1, 0.15) is 0 Å². The molecule has 5 heteroatoms. The van der Waals surface area contributed by atoms with Crippen LogP contribution in [0.25, 0.3) is 0 Å². The number of carbonyl (C=O) groups excluding carboxylic acids is 1. The number of rotatable bonds is 3. The molecule has 1 amide bonds. The van der Waals surface area contributed by atoms with Crippen LogP contribution in [0.5, 0.6) is 0 Å². The molecule has 2 heterocycles. The first-order valence-corrected chi connectivity index (χ1v) is 5.82. The van der Waals surface area contributed by atoms with Gasteiger partial charge in [0.2, 0.25) is 5.91 Å². The van der Waals surface area contributed by atoms with Crippen molar-refractivity contribution < 1.29 is 14.7 Å². The minimum Gasteiger partial charge on any atom is -0.481 e. The molecule has 2 fully saturated rings. The van der Waals surface area contributed by atoms with Gasteiger partial charge in [-0.2, -0.15) is 0 Å². The van der Waals surface area contributed by atoms with E-state index in [1.54, 1.807) is 4.90 Å². The fraction of sp³-hybridized carbons (Fsp3) is 0.818. The van der Waals surface area contributed by atoms with Crippen molar-refractivity contribution in [1.29, 1.82) is 0 Å². The molecule has 0 bridgehead atoms. The molecule has 0 aromatic rings. The zero-order valence-corrected chi connectivity index (χ0v) is 9.48. The third-order valence-electron chi connectivity index (χ3n) is 3.53. The predicted molar refractivity (Wildman–Crippen MR) is 57.9 cm³/mol. The quantitative estimate of drug-likeness (QED) is 0.706. The maximum absolute atomic E-state index is 12.0. The highest BCUT2D eigenvalue weighted by Crippen LogP contribution is 2.23. The minimum absolute atomic E-state index is 0.0502. The summed E-state index contributed by atoms with van der Waals surface area (Å²) in [5.74, 6) is -0.0831. The standard InChI is InChI=1S/C11H18N2O3/c1-7-2-3-12-10(7)11(16)13-5-8(6-13)4-9(14)15/h7-8,10,12H,2-6H2,1H3,(H,14,15). The van der Waals surface area contributed by atoms with Gasteiger partial charge in [-0.05, 0) is 18.9 Å². The molecule has 0 aliphatic carbocycles. The number of nitrogens with one attached hydrogen (secondary N) is 1. The average molecular weight is 226 g/mol. The van der Waals surface area contributed by atoms with E-state index in [4.69, 9.17) is 5.11 Å². The zero-order valence-electron chi connectivity index (χ0n) is 9.48. The molecular weight excluding hydrogens is 208 g/mol. The highest BCUT2D eigenvalue weighted by Gasteiger charge is 2.38. The van der Waals surface area contributed by atoms with Crippen molar-refractivity contribution in [3.8, 4) is 0 Å². The number of hydrogen-bond donors (Lipinski definition) is 2. The van der Waals surface area contributed by atoms with Crippen molar-refractivity contribution in [2.24, 2.45) is 11.8 Å². The van der Waals surface area contributed by atoms with Gasteiger partial charge in [-0.3, -0.25) is 9.59 Å². The number of hydrogen-bond acceptors (Lipinski definition) is 3. The summed E-state index contributed by atoms with van der Waals surface area (Å²) in [5, 5.41) is 11.8. The van der Waals surface area contributed by atoms with Crippen molar-refractivity contribution in [2.75, 3.05) is 19.6 Å². The van der Waals surface area contributed by atoms with E-state index in [1.165, 1.54) is 0 Å². The Morgan fingerprint density at radius 1 is 1.44 bits per heavy atom. The van der Waals surface area contributed by atoms with Crippen LogP contribution >= 0.6 is 0 Å². The molecule has 2 saturated heterocycles. The lowest BCUT2D eigenvalue weighted by molar-refractivity contribution is -0.146. The van der Waals surface area contributed by atoms with Gasteiger partial charge in [-0.15, -0.1) is 0 Å². The molecule has 90 valence electrons. The second kappa shape index (κ2) is 4.41. The molecule has 0 radical (unpaired) electrons. The first-order valence-electron chi connectivity index (χ1n) is 5.82. The maximum Gasteiger partial charge on any atom is 0.303 e. The Balaban J connectivity index is 1.79. The van der Waals surface area contributed by atoms with Gasteiger partial charge in [0, 0.05) is 19.0 Å². The van der Waals surface area contributed by atoms with Crippen LogP contribution in [0.1, 0.15) is 19.8 Å². The van der Waals surface area contributed by atoms with E-state index in [1.807, 2.05) is 0 Å². The van der Waals surface area contributed by atoms with Gasteiger partial charge < -0.3 is 15.3 Å². The van der Waals surface area contributed by atoms with Crippen molar-refractivity contribution in [2.45, 2.75) is 25.8 Å². The summed E-state index contributed by atoms with van der Waals surface area (Å²) in [5.41, 5.74) is 0. The van der Waals surface area contributed by atoms with E-state index in [-0.39, 0.29) is 24.3 Å². The van der Waals surface area contributed by atoms with E-state index < -0.39 is 5.97 Å². The first-order chi connectivity index (χ1) is 7.58. The van der Waals surface area contributed by atoms with E-state index >= 15 is 0 Å². The Labute approximate surface area is 94.8 Å². The van der Waals surface area contributed by atoms with Crippen LogP contribution in [-0.2, 0) is 9.59 Å². The van der Waals surface area contributed by atoms with Gasteiger partial charge in [-0.25, -0.2) is 0 Å². The molecule has 0 spiro atoms. The molecule has 16 heavy (non-hydrogen) atoms. The molecule has 0 aromatic heterocycles. The fourth-order valence-electron chi connectivity index (χ4n) is 2.49. The molecule has 2 aliphatic rings. The van der Waals surface area contributed by atoms with Crippen LogP contribution in [0.3, 0.4) is 0 Å². The summed E-state index contributed by atoms with van der Waals surface area (Å²) >= 11 is 0. The molecule has 2 aliphatic heterocycles. The normalized spacial score (nSPS) is 30.2. The Kier molecular flexibility index (Phi) is 3.14. The molecule has 2 atom stereocenters. The molecule has 2 unspecified atom stereocenters. The van der Waals surface area contributed by atoms with Crippen LogP contribution in [0.2, 0.25) is 0 Å². The lowest BCUT2D eigenvalue weighted by Crippen LogP contribution is -2.56. The third-order valence-corrected chi connectivity index (χ3v) is 3.53. The van der Waals surface area contributed by atoms with Crippen LogP contribution in [0, 0.1) is 11.8 Å². The fourth-order valence-corrected chi connectivity index (χ4v) is 2.49. The van der Waals surface area contributed by atoms with Crippen LogP contribution in [0.4, 0.5) is 0 Å². The SMILES string of the molecule is CC1CCNC1C(=O)N1CC(CC(=O)O)C1. The number of amides is 1. The Bertz CT molecular complexity index is 300. The summed E-state index contributed by atoms with van der Waals surface area (Å²) in [4.78, 5) is 24.2. The minimum atomic E-state index is -0.774. The molecule has 0 saturated carbocycles. The summed E-state index contributed by atoms with van der Waals surface area (Å²) in [6, 6.07) is -0.0502. The summed E-state index contributed by atoms with van der Waals surface area (Å²) in [6.45, 7) is 4.20. The van der Waals surface area contributed by atoms with Crippen molar-refractivity contribution >= 4 is 11.9 Å². The molecule has 2 N–H and O–H groups in total. The van der Waals surface area contributed by atoms with Gasteiger partial charge in [0.25, 0.3) is 0 Å². The van der Waals surface area contributed by atoms with Gasteiger partial charge in [0.05, 0.1) is 12.5 Å². The highest BCUT2D eigenvalue weighted by molar-refractivity contribution is 5.83. The van der Waals surface area contributed by atoms with Crippen LogP contribution < -0.4 is 5.32 Å². The van der Waals surface area contributed by atoms with Gasteiger partial charge in [0.15, 0.2) is 0 Å². The monoisotopic (exact) mass is 226 g/mol. The number of carbonyl (C=O) groups is 2. The Hall–Kier alpha value is -1.10. The number of carboxylic acid groups (broad SMARTS) is 1. The average Bonchev–Trinajstić information content (AvgIpc) is 2.56. The molecule has 0 aromatic carbocycles. The topological polar surface area (TPSA) is 69.6 Å². The van der Waals surface area contributed by atoms with Crippen molar-refractivity contribution in [3.05, 3.63) is 0 Å². The second-order valence-electron chi connectivity index (χ2n) is 4.90. The Morgan fingerprint density at radius 3 is 2.62 bits per heavy atom. The van der Waals surface area contributed by atoms with Crippen molar-refractivity contribution in [1.82, 2.24) is 10.2 Å². The largest absolute Gasteiger partial charge is 0.481 e.